The molecule has 4 aliphatic rings. The molecule has 3 nitrogen and oxygen atoms in total. The van der Waals surface area contributed by atoms with Crippen molar-refractivity contribution in [2.75, 3.05) is 26.4 Å². The van der Waals surface area contributed by atoms with Crippen molar-refractivity contribution < 1.29 is 9.47 Å². The molecule has 2 aliphatic carbocycles. The fraction of sp³-hybridized carbons (Fsp3) is 1.00. The first-order chi connectivity index (χ1) is 10.3. The average molecular weight is 293 g/mol. The first-order valence-corrected chi connectivity index (χ1v) is 9.25. The molecule has 0 aromatic carbocycles. The minimum absolute atomic E-state index is 0.0661. The Bertz CT molecular complexity index is 356. The number of hydrogen-bond acceptors (Lipinski definition) is 3. The van der Waals surface area contributed by atoms with Gasteiger partial charge in [-0.2, -0.15) is 0 Å². The van der Waals surface area contributed by atoms with Crippen LogP contribution < -0.4 is 5.32 Å². The van der Waals surface area contributed by atoms with Gasteiger partial charge in [0.25, 0.3) is 0 Å². The lowest BCUT2D eigenvalue weighted by Gasteiger charge is -2.42. The predicted octanol–water partition coefficient (Wildman–Crippen LogP) is 2.99. The van der Waals surface area contributed by atoms with E-state index >= 15 is 0 Å². The van der Waals surface area contributed by atoms with Crippen molar-refractivity contribution >= 4 is 0 Å². The predicted molar refractivity (Wildman–Crippen MR) is 83.2 cm³/mol. The second kappa shape index (κ2) is 5.82. The topological polar surface area (TPSA) is 30.5 Å². The molecule has 2 saturated carbocycles. The zero-order valence-corrected chi connectivity index (χ0v) is 13.5. The molecule has 21 heavy (non-hydrogen) atoms. The molecule has 0 aromatic rings. The van der Waals surface area contributed by atoms with Crippen LogP contribution in [0, 0.1) is 23.7 Å². The molecule has 0 radical (unpaired) electrons. The van der Waals surface area contributed by atoms with Gasteiger partial charge in [0.1, 0.15) is 0 Å². The lowest BCUT2D eigenvalue weighted by molar-refractivity contribution is -0.106. The van der Waals surface area contributed by atoms with Crippen LogP contribution in [-0.4, -0.2) is 38.0 Å². The van der Waals surface area contributed by atoms with Crippen molar-refractivity contribution in [2.24, 2.45) is 23.7 Å². The SMILES string of the molecule is CCCNC(C1CC2CC2C1)C1CCOC2(CCOC2)C1. The molecular weight excluding hydrogens is 262 g/mol. The van der Waals surface area contributed by atoms with E-state index in [4.69, 9.17) is 9.47 Å². The van der Waals surface area contributed by atoms with Gasteiger partial charge >= 0.3 is 0 Å². The maximum absolute atomic E-state index is 6.15. The molecule has 5 atom stereocenters. The van der Waals surface area contributed by atoms with Crippen molar-refractivity contribution in [1.29, 1.82) is 0 Å². The lowest BCUT2D eigenvalue weighted by atomic mass is 9.75. The maximum atomic E-state index is 6.15. The van der Waals surface area contributed by atoms with E-state index in [9.17, 15) is 0 Å². The van der Waals surface area contributed by atoms with Gasteiger partial charge in [-0.25, -0.2) is 0 Å². The van der Waals surface area contributed by atoms with Crippen LogP contribution in [0.1, 0.15) is 51.9 Å². The summed E-state index contributed by atoms with van der Waals surface area (Å²) >= 11 is 0. The van der Waals surface area contributed by atoms with Gasteiger partial charge < -0.3 is 14.8 Å². The second-order valence-corrected chi connectivity index (χ2v) is 8.05. The summed E-state index contributed by atoms with van der Waals surface area (Å²) in [5.41, 5.74) is 0.0661. The lowest BCUT2D eigenvalue weighted by Crippen LogP contribution is -2.50. The summed E-state index contributed by atoms with van der Waals surface area (Å²) in [7, 11) is 0. The molecular formula is C18H31NO2. The Morgan fingerprint density at radius 3 is 2.71 bits per heavy atom. The van der Waals surface area contributed by atoms with E-state index in [0.29, 0.717) is 0 Å². The zero-order valence-electron chi connectivity index (χ0n) is 13.5. The molecule has 2 aliphatic heterocycles. The van der Waals surface area contributed by atoms with Gasteiger partial charge in [0, 0.05) is 25.7 Å². The van der Waals surface area contributed by atoms with Gasteiger partial charge in [0.05, 0.1) is 12.2 Å². The Hall–Kier alpha value is -0.120. The minimum Gasteiger partial charge on any atom is -0.378 e. The molecule has 0 amide bonds. The van der Waals surface area contributed by atoms with Gasteiger partial charge in [-0.1, -0.05) is 6.92 Å². The molecule has 2 saturated heterocycles. The van der Waals surface area contributed by atoms with Crippen LogP contribution in [0.2, 0.25) is 0 Å². The van der Waals surface area contributed by atoms with Gasteiger partial charge in [0.15, 0.2) is 0 Å². The molecule has 1 N–H and O–H groups in total. The first-order valence-electron chi connectivity index (χ1n) is 9.25. The van der Waals surface area contributed by atoms with Crippen molar-refractivity contribution in [3.63, 3.8) is 0 Å². The van der Waals surface area contributed by atoms with Crippen LogP contribution in [0.15, 0.2) is 0 Å². The number of hydrogen-bond donors (Lipinski definition) is 1. The monoisotopic (exact) mass is 293 g/mol. The smallest absolute Gasteiger partial charge is 0.0939 e. The number of ether oxygens (including phenoxy) is 2. The molecule has 1 spiro atoms. The first kappa shape index (κ1) is 14.5. The van der Waals surface area contributed by atoms with E-state index in [1.54, 1.807) is 0 Å². The summed E-state index contributed by atoms with van der Waals surface area (Å²) < 4.78 is 11.8. The van der Waals surface area contributed by atoms with E-state index < -0.39 is 0 Å². The van der Waals surface area contributed by atoms with E-state index in [2.05, 4.69) is 12.2 Å². The average Bonchev–Trinajstić information content (AvgIpc) is 2.90. The largest absolute Gasteiger partial charge is 0.378 e. The van der Waals surface area contributed by atoms with Crippen molar-refractivity contribution in [1.82, 2.24) is 5.32 Å². The van der Waals surface area contributed by atoms with Crippen LogP contribution in [0.3, 0.4) is 0 Å². The third kappa shape index (κ3) is 2.89. The van der Waals surface area contributed by atoms with Gasteiger partial charge in [-0.15, -0.1) is 0 Å². The summed E-state index contributed by atoms with van der Waals surface area (Å²) in [4.78, 5) is 0. The van der Waals surface area contributed by atoms with Crippen molar-refractivity contribution in [3.05, 3.63) is 0 Å². The third-order valence-corrected chi connectivity index (χ3v) is 6.52. The van der Waals surface area contributed by atoms with Crippen molar-refractivity contribution in [3.8, 4) is 0 Å². The highest BCUT2D eigenvalue weighted by atomic mass is 16.6. The molecule has 120 valence electrons. The zero-order chi connectivity index (χ0) is 14.3. The number of fused-ring (bicyclic) bond motifs is 1. The van der Waals surface area contributed by atoms with Gasteiger partial charge in [-0.05, 0) is 68.7 Å². The van der Waals surface area contributed by atoms with Crippen LogP contribution in [0.4, 0.5) is 0 Å². The Labute approximate surface area is 129 Å². The van der Waals surface area contributed by atoms with Gasteiger partial charge in [0.2, 0.25) is 0 Å². The standard InChI is InChI=1S/C18H31NO2/c1-2-5-19-17(16-9-14-8-15(14)10-16)13-3-6-21-18(11-13)4-7-20-12-18/h13-17,19H,2-12H2,1H3. The quantitative estimate of drug-likeness (QED) is 0.845. The Balaban J connectivity index is 1.43. The number of nitrogens with one attached hydrogen (secondary N) is 1. The fourth-order valence-corrected chi connectivity index (χ4v) is 5.32. The molecule has 4 rings (SSSR count). The minimum atomic E-state index is 0.0661. The highest BCUT2D eigenvalue weighted by Crippen LogP contribution is 2.56. The van der Waals surface area contributed by atoms with E-state index in [1.807, 2.05) is 0 Å². The number of rotatable bonds is 5. The highest BCUT2D eigenvalue weighted by Gasteiger charge is 2.51. The van der Waals surface area contributed by atoms with Crippen LogP contribution in [-0.2, 0) is 9.47 Å². The molecule has 3 heteroatoms. The fourth-order valence-electron chi connectivity index (χ4n) is 5.32. The molecule has 2 heterocycles. The molecule has 5 unspecified atom stereocenters. The van der Waals surface area contributed by atoms with E-state index in [0.717, 1.165) is 56.0 Å². The summed E-state index contributed by atoms with van der Waals surface area (Å²) in [5, 5.41) is 3.93. The Morgan fingerprint density at radius 1 is 1.14 bits per heavy atom. The second-order valence-electron chi connectivity index (χ2n) is 8.05. The van der Waals surface area contributed by atoms with Crippen LogP contribution >= 0.6 is 0 Å². The van der Waals surface area contributed by atoms with Gasteiger partial charge in [-0.3, -0.25) is 0 Å². The van der Waals surface area contributed by atoms with Crippen molar-refractivity contribution in [2.45, 2.75) is 63.5 Å². The van der Waals surface area contributed by atoms with E-state index in [-0.39, 0.29) is 5.60 Å². The Kier molecular flexibility index (Phi) is 4.01. The van der Waals surface area contributed by atoms with Crippen LogP contribution in [0.25, 0.3) is 0 Å². The Morgan fingerprint density at radius 2 is 2.00 bits per heavy atom. The summed E-state index contributed by atoms with van der Waals surface area (Å²) in [6.45, 7) is 6.13. The van der Waals surface area contributed by atoms with Crippen LogP contribution in [0.5, 0.6) is 0 Å². The highest BCUT2D eigenvalue weighted by molar-refractivity contribution is 5.02. The van der Waals surface area contributed by atoms with E-state index in [1.165, 1.54) is 45.1 Å². The third-order valence-electron chi connectivity index (χ3n) is 6.52. The molecule has 4 fully saturated rings. The summed E-state index contributed by atoms with van der Waals surface area (Å²) in [5.74, 6) is 3.91. The molecule has 0 bridgehead atoms. The molecule has 0 aromatic heterocycles. The normalized spacial score (nSPS) is 46.7. The maximum Gasteiger partial charge on any atom is 0.0939 e. The summed E-state index contributed by atoms with van der Waals surface area (Å²) in [6.07, 6.45) is 9.34. The summed E-state index contributed by atoms with van der Waals surface area (Å²) in [6, 6.07) is 0.735.